The third-order valence-corrected chi connectivity index (χ3v) is 3.84. The molecule has 0 spiro atoms. The molecule has 1 aromatic carbocycles. The van der Waals surface area contributed by atoms with Gasteiger partial charge in [0.1, 0.15) is 0 Å². The number of aryl methyl sites for hydroxylation is 1. The summed E-state index contributed by atoms with van der Waals surface area (Å²) in [6.45, 7) is 4.22. The van der Waals surface area contributed by atoms with Crippen molar-refractivity contribution in [3.63, 3.8) is 0 Å². The second-order valence-electron chi connectivity index (χ2n) is 4.68. The Labute approximate surface area is 118 Å². The van der Waals surface area contributed by atoms with Crippen molar-refractivity contribution < 1.29 is 4.79 Å². The zero-order valence-corrected chi connectivity index (χ0v) is 12.8. The molecule has 0 atom stereocenters. The monoisotopic (exact) mass is 311 g/mol. The first-order valence-electron chi connectivity index (χ1n) is 6.69. The number of benzene rings is 1. The Morgan fingerprint density at radius 3 is 2.61 bits per heavy atom. The van der Waals surface area contributed by atoms with Gasteiger partial charge in [-0.1, -0.05) is 48.5 Å². The Morgan fingerprint density at radius 2 is 1.94 bits per heavy atom. The molecule has 18 heavy (non-hydrogen) atoms. The summed E-state index contributed by atoms with van der Waals surface area (Å²) in [7, 11) is 0. The number of amides is 1. The Kier molecular flexibility index (Phi) is 7.02. The van der Waals surface area contributed by atoms with Gasteiger partial charge in [-0.15, -0.1) is 0 Å². The quantitative estimate of drug-likeness (QED) is 0.701. The molecular weight excluding hydrogens is 290 g/mol. The van der Waals surface area contributed by atoms with Gasteiger partial charge in [0.25, 0.3) is 0 Å². The molecule has 3 heteroatoms. The summed E-state index contributed by atoms with van der Waals surface area (Å²) in [6.07, 6.45) is 6.51. The second kappa shape index (κ2) is 8.30. The molecule has 1 aromatic rings. The van der Waals surface area contributed by atoms with Crippen LogP contribution in [-0.2, 0) is 4.79 Å². The van der Waals surface area contributed by atoms with E-state index in [4.69, 9.17) is 0 Å². The fourth-order valence-corrected chi connectivity index (χ4v) is 2.08. The van der Waals surface area contributed by atoms with Crippen molar-refractivity contribution in [2.75, 3.05) is 5.32 Å². The third-order valence-electron chi connectivity index (χ3n) is 2.95. The van der Waals surface area contributed by atoms with Crippen LogP contribution in [0.1, 0.15) is 51.0 Å². The summed E-state index contributed by atoms with van der Waals surface area (Å²) in [6, 6.07) is 5.87. The van der Waals surface area contributed by atoms with Crippen LogP contribution < -0.4 is 5.32 Å². The second-order valence-corrected chi connectivity index (χ2v) is 5.53. The predicted molar refractivity (Wildman–Crippen MR) is 80.9 cm³/mol. The number of unbranched alkanes of at least 4 members (excludes halogenated alkanes) is 4. The molecule has 0 unspecified atom stereocenters. The molecule has 100 valence electrons. The number of hydrogen-bond donors (Lipinski definition) is 1. The lowest BCUT2D eigenvalue weighted by Gasteiger charge is -2.07. The van der Waals surface area contributed by atoms with Crippen molar-refractivity contribution in [1.29, 1.82) is 0 Å². The molecule has 0 aromatic heterocycles. The number of halogens is 1. The summed E-state index contributed by atoms with van der Waals surface area (Å²) in [5.41, 5.74) is 2.02. The first-order valence-corrected chi connectivity index (χ1v) is 7.48. The summed E-state index contributed by atoms with van der Waals surface area (Å²) in [5, 5.41) is 2.94. The van der Waals surface area contributed by atoms with Crippen molar-refractivity contribution in [2.45, 2.75) is 52.4 Å². The van der Waals surface area contributed by atoms with Gasteiger partial charge in [0.15, 0.2) is 0 Å². The summed E-state index contributed by atoms with van der Waals surface area (Å²) in [4.78, 5) is 11.7. The number of carbonyl (C=O) groups is 1. The largest absolute Gasteiger partial charge is 0.326 e. The maximum absolute atomic E-state index is 11.7. The molecule has 0 saturated heterocycles. The number of anilines is 1. The van der Waals surface area contributed by atoms with E-state index in [1.54, 1.807) is 0 Å². The van der Waals surface area contributed by atoms with Gasteiger partial charge >= 0.3 is 0 Å². The Bertz CT molecular complexity index is 390. The highest BCUT2D eigenvalue weighted by molar-refractivity contribution is 9.10. The van der Waals surface area contributed by atoms with E-state index in [9.17, 15) is 4.79 Å². The fourth-order valence-electron chi connectivity index (χ4n) is 1.84. The zero-order valence-electron chi connectivity index (χ0n) is 11.3. The molecule has 0 bridgehead atoms. The van der Waals surface area contributed by atoms with Gasteiger partial charge in [-0.25, -0.2) is 0 Å². The molecule has 2 nitrogen and oxygen atoms in total. The molecule has 0 aliphatic heterocycles. The van der Waals surface area contributed by atoms with Gasteiger partial charge in [0, 0.05) is 16.6 Å². The van der Waals surface area contributed by atoms with Gasteiger partial charge in [-0.2, -0.15) is 0 Å². The standard InChI is InChI=1S/C15H22BrNO/c1-3-4-5-6-7-8-15(18)17-13-9-10-14(16)12(2)11-13/h9-11H,3-8H2,1-2H3,(H,17,18). The molecule has 1 rings (SSSR count). The van der Waals surface area contributed by atoms with Gasteiger partial charge < -0.3 is 5.32 Å². The van der Waals surface area contributed by atoms with E-state index in [2.05, 4.69) is 28.2 Å². The summed E-state index contributed by atoms with van der Waals surface area (Å²) in [5.74, 6) is 0.119. The molecule has 0 radical (unpaired) electrons. The van der Waals surface area contributed by atoms with Gasteiger partial charge in [0.05, 0.1) is 0 Å². The van der Waals surface area contributed by atoms with E-state index in [0.29, 0.717) is 6.42 Å². The molecule has 0 heterocycles. The summed E-state index contributed by atoms with van der Waals surface area (Å²) >= 11 is 3.45. The minimum absolute atomic E-state index is 0.119. The normalized spacial score (nSPS) is 10.4. The average molecular weight is 312 g/mol. The minimum Gasteiger partial charge on any atom is -0.326 e. The van der Waals surface area contributed by atoms with E-state index in [1.165, 1.54) is 19.3 Å². The fraction of sp³-hybridized carbons (Fsp3) is 0.533. The van der Waals surface area contributed by atoms with Crippen LogP contribution in [0.4, 0.5) is 5.69 Å². The molecule has 1 amide bonds. The van der Waals surface area contributed by atoms with E-state index < -0.39 is 0 Å². The first kappa shape index (κ1) is 15.2. The average Bonchev–Trinajstić information content (AvgIpc) is 2.34. The number of hydrogen-bond acceptors (Lipinski definition) is 1. The van der Waals surface area contributed by atoms with Crippen molar-refractivity contribution in [1.82, 2.24) is 0 Å². The lowest BCUT2D eigenvalue weighted by molar-refractivity contribution is -0.116. The maximum Gasteiger partial charge on any atom is 0.224 e. The van der Waals surface area contributed by atoms with Crippen LogP contribution >= 0.6 is 15.9 Å². The predicted octanol–water partition coefficient (Wildman–Crippen LogP) is 5.06. The van der Waals surface area contributed by atoms with Gasteiger partial charge in [-0.05, 0) is 37.1 Å². The SMILES string of the molecule is CCCCCCCC(=O)Nc1ccc(Br)c(C)c1. The van der Waals surface area contributed by atoms with Gasteiger partial charge in [-0.3, -0.25) is 4.79 Å². The van der Waals surface area contributed by atoms with Crippen LogP contribution in [0.2, 0.25) is 0 Å². The molecular formula is C15H22BrNO. The van der Waals surface area contributed by atoms with Crippen LogP contribution in [0.5, 0.6) is 0 Å². The number of carbonyl (C=O) groups excluding carboxylic acids is 1. The highest BCUT2D eigenvalue weighted by Crippen LogP contribution is 2.20. The first-order chi connectivity index (χ1) is 8.63. The van der Waals surface area contributed by atoms with Crippen LogP contribution in [0, 0.1) is 6.92 Å². The van der Waals surface area contributed by atoms with E-state index in [1.807, 2.05) is 25.1 Å². The highest BCUT2D eigenvalue weighted by Gasteiger charge is 2.03. The maximum atomic E-state index is 11.7. The Balaban J connectivity index is 2.29. The zero-order chi connectivity index (χ0) is 13.4. The van der Waals surface area contributed by atoms with Crippen molar-refractivity contribution in [2.24, 2.45) is 0 Å². The summed E-state index contributed by atoms with van der Waals surface area (Å²) < 4.78 is 1.07. The van der Waals surface area contributed by atoms with E-state index in [0.717, 1.165) is 28.6 Å². The molecule has 0 aliphatic rings. The van der Waals surface area contributed by atoms with Gasteiger partial charge in [0.2, 0.25) is 5.91 Å². The third kappa shape index (κ3) is 5.67. The lowest BCUT2D eigenvalue weighted by atomic mass is 10.1. The highest BCUT2D eigenvalue weighted by atomic mass is 79.9. The lowest BCUT2D eigenvalue weighted by Crippen LogP contribution is -2.11. The van der Waals surface area contributed by atoms with Crippen molar-refractivity contribution in [3.8, 4) is 0 Å². The van der Waals surface area contributed by atoms with Crippen LogP contribution in [0.3, 0.4) is 0 Å². The van der Waals surface area contributed by atoms with Crippen LogP contribution in [0.15, 0.2) is 22.7 Å². The molecule has 0 fully saturated rings. The minimum atomic E-state index is 0.119. The molecule has 0 saturated carbocycles. The Morgan fingerprint density at radius 1 is 1.22 bits per heavy atom. The van der Waals surface area contributed by atoms with Crippen molar-refractivity contribution in [3.05, 3.63) is 28.2 Å². The molecule has 1 N–H and O–H groups in total. The number of nitrogens with one attached hydrogen (secondary N) is 1. The number of rotatable bonds is 7. The van der Waals surface area contributed by atoms with Crippen LogP contribution in [-0.4, -0.2) is 5.91 Å². The van der Waals surface area contributed by atoms with E-state index >= 15 is 0 Å². The van der Waals surface area contributed by atoms with Crippen molar-refractivity contribution >= 4 is 27.5 Å². The van der Waals surface area contributed by atoms with Crippen LogP contribution in [0.25, 0.3) is 0 Å². The van der Waals surface area contributed by atoms with E-state index in [-0.39, 0.29) is 5.91 Å². The topological polar surface area (TPSA) is 29.1 Å². The Hall–Kier alpha value is -0.830. The molecule has 0 aliphatic carbocycles. The smallest absolute Gasteiger partial charge is 0.224 e.